The summed E-state index contributed by atoms with van der Waals surface area (Å²) >= 11 is 0. The number of hydrogen-bond donors (Lipinski definition) is 6. The number of carbonyl (C=O) groups is 9. The zero-order valence-electron chi connectivity index (χ0n) is 73.0. The lowest BCUT2D eigenvalue weighted by atomic mass is 9.95. The van der Waals surface area contributed by atoms with Crippen LogP contribution in [0.4, 0.5) is 0 Å². The van der Waals surface area contributed by atoms with Crippen molar-refractivity contribution in [2.24, 2.45) is 0 Å². The molecule has 4 heterocycles. The third-order valence-corrected chi connectivity index (χ3v) is 20.7. The average Bonchev–Trinajstić information content (AvgIpc) is 1.61. The van der Waals surface area contributed by atoms with E-state index in [1.165, 1.54) is 37.1 Å². The third kappa shape index (κ3) is 29.6. The quantitative estimate of drug-likeness (QED) is 0.0164. The van der Waals surface area contributed by atoms with Gasteiger partial charge in [0, 0.05) is 37.8 Å². The van der Waals surface area contributed by atoms with E-state index in [0.29, 0.717) is 57.1 Å². The van der Waals surface area contributed by atoms with E-state index < -0.39 is 95.9 Å². The predicted octanol–water partition coefficient (Wildman–Crippen LogP) is 16.6. The molecule has 130 heavy (non-hydrogen) atoms. The average molecular weight is 1780 g/mol. The van der Waals surface area contributed by atoms with Gasteiger partial charge in [0.2, 0.25) is 12.2 Å². The van der Waals surface area contributed by atoms with E-state index in [-0.39, 0.29) is 69.0 Å². The molecule has 0 spiro atoms. The molecule has 30 heteroatoms. The molecule has 0 aliphatic heterocycles. The fourth-order valence-corrected chi connectivity index (χ4v) is 14.5. The van der Waals surface area contributed by atoms with Gasteiger partial charge in [-0.25, -0.2) is 53.1 Å². The van der Waals surface area contributed by atoms with E-state index in [9.17, 15) is 53.4 Å². The number of carboxylic acid groups (broad SMARTS) is 3. The number of aromatic hydroxyl groups is 1. The second kappa shape index (κ2) is 46.4. The Kier molecular flexibility index (Phi) is 34.3. The van der Waals surface area contributed by atoms with Crippen molar-refractivity contribution in [3.8, 4) is 45.8 Å². The third-order valence-electron chi connectivity index (χ3n) is 20.7. The maximum atomic E-state index is 13.6. The summed E-state index contributed by atoms with van der Waals surface area (Å²) in [5, 5.41) is 54.8. The molecule has 30 nitrogen and oxygen atoms in total. The Labute approximate surface area is 750 Å². The van der Waals surface area contributed by atoms with Crippen LogP contribution in [-0.4, -0.2) is 159 Å². The summed E-state index contributed by atoms with van der Waals surface area (Å²) in [4.78, 5) is 118. The fourth-order valence-electron chi connectivity index (χ4n) is 14.5. The van der Waals surface area contributed by atoms with Crippen molar-refractivity contribution in [2.75, 3.05) is 19.8 Å². The Morgan fingerprint density at radius 1 is 0.415 bits per heavy atom. The van der Waals surface area contributed by atoms with Gasteiger partial charge in [-0.15, -0.1) is 0 Å². The molecule has 0 bridgehead atoms. The monoisotopic (exact) mass is 1780 g/mol. The van der Waals surface area contributed by atoms with Crippen LogP contribution in [0.2, 0.25) is 0 Å². The number of aromatic nitrogens is 4. The highest BCUT2D eigenvalue weighted by atomic mass is 16.6. The summed E-state index contributed by atoms with van der Waals surface area (Å²) < 4.78 is 63.7. The number of aliphatic hydroxyl groups excluding tert-OH is 2. The smallest absolute Gasteiger partial charge is 0.348 e. The van der Waals surface area contributed by atoms with Crippen LogP contribution in [0.25, 0.3) is 44.8 Å². The molecule has 0 radical (unpaired) electrons. The first-order chi connectivity index (χ1) is 62.3. The summed E-state index contributed by atoms with van der Waals surface area (Å²) in [6, 6.07) is 59.3. The van der Waals surface area contributed by atoms with Gasteiger partial charge in [0.1, 0.15) is 71.6 Å². The lowest BCUT2D eigenvalue weighted by Crippen LogP contribution is -2.31. The molecule has 682 valence electrons. The van der Waals surface area contributed by atoms with Crippen molar-refractivity contribution < 1.29 is 125 Å². The SMILES string of the molecule is CC(C)(C)OC(=O)COc1ccc(C[C@@H](O)C(=O)OCc2ccccc2)cc1.CC(C)(C)OC(=O)COc1ccc(C[C@H](OC(=O)c2ccc3c(c2)nc(-c2ccoc2)n3C2CCCCC2)C(=O)OCc2ccccc2)cc1.O=C(O)COc1ccc(C[C@H](OC(=O)c2ccc3c(c2)nc(-c2ccoc2)n3C2CCCCC2)C(=O)O)cc1.O=C(O)[C@H](O)Cc1ccc(O)cc1. The number of hydrogen-bond acceptors (Lipinski definition) is 25. The Morgan fingerprint density at radius 3 is 1.18 bits per heavy atom. The number of phenols is 1. The minimum atomic E-state index is -1.42. The molecule has 2 aliphatic carbocycles. The van der Waals surface area contributed by atoms with E-state index in [2.05, 4.69) is 9.13 Å². The van der Waals surface area contributed by atoms with Gasteiger partial charge in [-0.05, 0) is 198 Å². The molecule has 4 aromatic heterocycles. The van der Waals surface area contributed by atoms with Gasteiger partial charge >= 0.3 is 53.7 Å². The number of carbonyl (C=O) groups excluding carboxylic acids is 6. The number of nitrogens with zero attached hydrogens (tertiary/aromatic N) is 4. The number of benzene rings is 8. The highest BCUT2D eigenvalue weighted by Gasteiger charge is 2.32. The van der Waals surface area contributed by atoms with Gasteiger partial charge in [0.15, 0.2) is 32.0 Å². The van der Waals surface area contributed by atoms with Gasteiger partial charge in [-0.2, -0.15) is 0 Å². The molecule has 2 aliphatic rings. The van der Waals surface area contributed by atoms with Crippen molar-refractivity contribution in [2.45, 2.75) is 192 Å². The molecule has 8 aromatic carbocycles. The Hall–Kier alpha value is -14.4. The molecule has 0 unspecified atom stereocenters. The predicted molar refractivity (Wildman–Crippen MR) is 475 cm³/mol. The van der Waals surface area contributed by atoms with Gasteiger partial charge in [-0.3, -0.25) is 0 Å². The molecule has 14 rings (SSSR count). The maximum Gasteiger partial charge on any atom is 0.348 e. The number of carboxylic acids is 3. The number of rotatable bonds is 33. The van der Waals surface area contributed by atoms with Crippen LogP contribution in [0.15, 0.2) is 240 Å². The Balaban J connectivity index is 0.000000181. The number of fused-ring (bicyclic) bond motifs is 2. The van der Waals surface area contributed by atoms with Crippen molar-refractivity contribution in [1.29, 1.82) is 0 Å². The molecule has 2 saturated carbocycles. The van der Waals surface area contributed by atoms with Gasteiger partial charge < -0.3 is 91.2 Å². The minimum Gasteiger partial charge on any atom is -0.508 e. The Morgan fingerprint density at radius 2 is 0.792 bits per heavy atom. The molecular formula is C100H106N4O26. The molecule has 2 fully saturated rings. The van der Waals surface area contributed by atoms with Crippen molar-refractivity contribution >= 4 is 75.8 Å². The summed E-state index contributed by atoms with van der Waals surface area (Å²) in [5.74, 6) is -4.35. The number of ether oxygens (including phenoxy) is 9. The van der Waals surface area contributed by atoms with E-state index in [0.717, 1.165) is 102 Å². The normalized spacial score (nSPS) is 13.7. The van der Waals surface area contributed by atoms with Gasteiger partial charge in [0.25, 0.3) is 0 Å². The summed E-state index contributed by atoms with van der Waals surface area (Å²) in [6.45, 7) is 9.97. The van der Waals surface area contributed by atoms with E-state index in [1.54, 1.807) is 164 Å². The molecule has 4 atom stereocenters. The Bertz CT molecular complexity index is 5710. The number of aliphatic hydroxyl groups is 2. The largest absolute Gasteiger partial charge is 0.508 e. The molecule has 12 aromatic rings. The number of imidazole rings is 2. The fraction of sp³-hybridized carbons (Fsp3) is 0.330. The minimum absolute atomic E-state index is 0.0342. The van der Waals surface area contributed by atoms with Crippen LogP contribution < -0.4 is 14.2 Å². The zero-order chi connectivity index (χ0) is 92.9. The summed E-state index contributed by atoms with van der Waals surface area (Å²) in [7, 11) is 0. The van der Waals surface area contributed by atoms with Crippen LogP contribution in [0, 0.1) is 0 Å². The highest BCUT2D eigenvalue weighted by molar-refractivity contribution is 5.97. The topological polar surface area (TPSA) is 420 Å². The van der Waals surface area contributed by atoms with Crippen LogP contribution in [-0.2, 0) is 101 Å². The van der Waals surface area contributed by atoms with Crippen molar-refractivity contribution in [3.05, 3.63) is 276 Å². The van der Waals surface area contributed by atoms with Crippen molar-refractivity contribution in [1.82, 2.24) is 19.1 Å². The number of esters is 6. The second-order valence-electron chi connectivity index (χ2n) is 33.2. The summed E-state index contributed by atoms with van der Waals surface area (Å²) in [6.07, 6.45) is 12.7. The lowest BCUT2D eigenvalue weighted by molar-refractivity contribution is -0.158. The van der Waals surface area contributed by atoms with Crippen LogP contribution >= 0.6 is 0 Å². The number of phenolic OH excluding ortho intramolecular Hbond substituents is 1. The first-order valence-corrected chi connectivity index (χ1v) is 42.7. The van der Waals surface area contributed by atoms with Gasteiger partial charge in [0.05, 0.1) is 56.8 Å². The second-order valence-corrected chi connectivity index (χ2v) is 33.2. The first kappa shape index (κ1) is 96.2. The molecule has 0 amide bonds. The summed E-state index contributed by atoms with van der Waals surface area (Å²) in [5.41, 5.74) is 8.51. The van der Waals surface area contributed by atoms with Gasteiger partial charge in [-0.1, -0.05) is 148 Å². The number of furan rings is 2. The van der Waals surface area contributed by atoms with Crippen molar-refractivity contribution in [3.63, 3.8) is 0 Å². The van der Waals surface area contributed by atoms with Crippen LogP contribution in [0.3, 0.4) is 0 Å². The maximum absolute atomic E-state index is 13.6. The molecule has 0 saturated heterocycles. The number of aliphatic carboxylic acids is 3. The van der Waals surface area contributed by atoms with E-state index in [4.69, 9.17) is 81.9 Å². The molecular weight excluding hydrogens is 1670 g/mol. The standard InChI is InChI=1S/C40H42N2O8.C29H28N2O8.C22H26O6.C9H10O4/c1-40(2,3)50-36(43)26-47-32-17-14-27(15-18-32)22-35(39(45)48-24-28-10-6-4-7-11-28)49-38(44)29-16-19-34-33(23-29)41-37(30-20-21-46-25-30)42(34)31-12-8-5-9-13-31;32-26(33)17-38-22-9-6-18(7-10-22)14-25(28(34)35)39-29(36)19-8-11-24-23(15-19)30-27(20-12-13-37-16-20)31(24)21-4-2-1-3-5-21;1-22(2,3)28-20(24)15-26-18-11-9-16(10-12-18)13-19(23)21(25)27-14-17-7-5-4-6-8-17;10-7-3-1-6(2-4-7)5-8(11)9(12)13/h4,6-7,10-11,14-21,23,25,31,35H,5,8-9,12-13,22,24,26H2,1-3H3;6-13,15-16,21,25H,1-5,14,17H2,(H,32,33)(H,34,35);4-12,19,23H,13-15H2,1-3H3;1-4,8,10-11H,5H2,(H,12,13)/t35-;25-;19-;8-/m0011/s1. The van der Waals surface area contributed by atoms with E-state index >= 15 is 0 Å². The van der Waals surface area contributed by atoms with Crippen LogP contribution in [0.1, 0.15) is 172 Å². The van der Waals surface area contributed by atoms with E-state index in [1.807, 2.05) is 84.9 Å². The lowest BCUT2D eigenvalue weighted by Gasteiger charge is -2.25. The first-order valence-electron chi connectivity index (χ1n) is 42.7. The highest BCUT2D eigenvalue weighted by Crippen LogP contribution is 2.39. The molecule has 6 N–H and O–H groups in total. The van der Waals surface area contributed by atoms with Crippen LogP contribution in [0.5, 0.6) is 23.0 Å². The zero-order valence-corrected chi connectivity index (χ0v) is 73.0.